The standard InChI is InChI=1S/C22H20N2O5S2/c1-13-4-6-14(7-5-13)18-11-30-22(24-18)31-12-19(25)23-17-9-15(20(26)28-2)8-16(10-17)21(27)29-3/h4-11H,12H2,1-3H3,(H,23,25). The second kappa shape index (κ2) is 10.2. The van der Waals surface area contributed by atoms with E-state index in [9.17, 15) is 14.4 Å². The van der Waals surface area contributed by atoms with Gasteiger partial charge in [0.05, 0.1) is 36.8 Å². The molecule has 1 aromatic heterocycles. The lowest BCUT2D eigenvalue weighted by Crippen LogP contribution is -2.16. The number of nitrogens with one attached hydrogen (secondary N) is 1. The molecule has 0 bridgehead atoms. The molecular formula is C22H20N2O5S2. The van der Waals surface area contributed by atoms with Gasteiger partial charge in [0.15, 0.2) is 4.34 Å². The van der Waals surface area contributed by atoms with E-state index < -0.39 is 11.9 Å². The van der Waals surface area contributed by atoms with Gasteiger partial charge in [-0.2, -0.15) is 0 Å². The highest BCUT2D eigenvalue weighted by Crippen LogP contribution is 2.28. The molecule has 1 N–H and O–H groups in total. The molecule has 0 aliphatic carbocycles. The molecule has 9 heteroatoms. The number of nitrogens with zero attached hydrogens (tertiary/aromatic N) is 1. The van der Waals surface area contributed by atoms with Crippen LogP contribution in [-0.2, 0) is 14.3 Å². The topological polar surface area (TPSA) is 94.6 Å². The van der Waals surface area contributed by atoms with Gasteiger partial charge in [-0.25, -0.2) is 14.6 Å². The number of anilines is 1. The Bertz CT molecular complexity index is 1080. The van der Waals surface area contributed by atoms with Gasteiger partial charge in [0.1, 0.15) is 0 Å². The molecule has 3 aromatic rings. The second-order valence-corrected chi connectivity index (χ2v) is 8.56. The zero-order valence-electron chi connectivity index (χ0n) is 17.1. The maximum Gasteiger partial charge on any atom is 0.337 e. The first-order chi connectivity index (χ1) is 14.9. The fourth-order valence-corrected chi connectivity index (χ4v) is 4.31. The van der Waals surface area contributed by atoms with Crippen molar-refractivity contribution in [2.45, 2.75) is 11.3 Å². The number of thiazole rings is 1. The summed E-state index contributed by atoms with van der Waals surface area (Å²) in [6.07, 6.45) is 0. The molecule has 31 heavy (non-hydrogen) atoms. The molecule has 0 saturated carbocycles. The highest BCUT2D eigenvalue weighted by Gasteiger charge is 2.15. The molecule has 0 atom stereocenters. The van der Waals surface area contributed by atoms with Crippen molar-refractivity contribution < 1.29 is 23.9 Å². The average Bonchev–Trinajstić information content (AvgIpc) is 3.26. The molecule has 0 aliphatic heterocycles. The third-order valence-corrected chi connectivity index (χ3v) is 6.24. The number of methoxy groups -OCH3 is 2. The minimum absolute atomic E-state index is 0.122. The molecule has 0 spiro atoms. The first-order valence-corrected chi connectivity index (χ1v) is 11.0. The summed E-state index contributed by atoms with van der Waals surface area (Å²) < 4.78 is 10.2. The van der Waals surface area contributed by atoms with Crippen molar-refractivity contribution in [2.24, 2.45) is 0 Å². The lowest BCUT2D eigenvalue weighted by Gasteiger charge is -2.09. The van der Waals surface area contributed by atoms with E-state index >= 15 is 0 Å². The van der Waals surface area contributed by atoms with Crippen molar-refractivity contribution in [3.63, 3.8) is 0 Å². The summed E-state index contributed by atoms with van der Waals surface area (Å²) in [5.74, 6) is -1.42. The van der Waals surface area contributed by atoms with Gasteiger partial charge in [-0.3, -0.25) is 4.79 Å². The number of benzene rings is 2. The molecule has 0 saturated heterocycles. The van der Waals surface area contributed by atoms with Crippen molar-refractivity contribution in [3.8, 4) is 11.3 Å². The summed E-state index contributed by atoms with van der Waals surface area (Å²) in [4.78, 5) is 40.7. The molecule has 0 unspecified atom stereocenters. The van der Waals surface area contributed by atoms with Gasteiger partial charge in [0, 0.05) is 16.6 Å². The normalized spacial score (nSPS) is 10.4. The van der Waals surface area contributed by atoms with Gasteiger partial charge < -0.3 is 14.8 Å². The first-order valence-electron chi connectivity index (χ1n) is 9.16. The predicted molar refractivity (Wildman–Crippen MR) is 121 cm³/mol. The van der Waals surface area contributed by atoms with E-state index in [4.69, 9.17) is 9.47 Å². The quantitative estimate of drug-likeness (QED) is 0.415. The summed E-state index contributed by atoms with van der Waals surface area (Å²) in [6, 6.07) is 12.3. The minimum atomic E-state index is -0.623. The van der Waals surface area contributed by atoms with E-state index in [-0.39, 0.29) is 22.8 Å². The lowest BCUT2D eigenvalue weighted by atomic mass is 10.1. The van der Waals surface area contributed by atoms with Gasteiger partial charge in [-0.1, -0.05) is 41.6 Å². The van der Waals surface area contributed by atoms with Crippen LogP contribution in [0.3, 0.4) is 0 Å². The van der Waals surface area contributed by atoms with Crippen molar-refractivity contribution >= 4 is 46.6 Å². The third kappa shape index (κ3) is 5.93. The predicted octanol–water partition coefficient (Wildman–Crippen LogP) is 4.42. The summed E-state index contributed by atoms with van der Waals surface area (Å²) >= 11 is 2.77. The fourth-order valence-electron chi connectivity index (χ4n) is 2.68. The molecule has 3 rings (SSSR count). The van der Waals surface area contributed by atoms with E-state index in [1.807, 2.05) is 36.6 Å². The lowest BCUT2D eigenvalue weighted by molar-refractivity contribution is -0.113. The number of aryl methyl sites for hydroxylation is 1. The summed E-state index contributed by atoms with van der Waals surface area (Å²) in [6.45, 7) is 2.03. The van der Waals surface area contributed by atoms with Crippen LogP contribution in [0.15, 0.2) is 52.2 Å². The van der Waals surface area contributed by atoms with Gasteiger partial charge in [0.25, 0.3) is 0 Å². The van der Waals surface area contributed by atoms with Gasteiger partial charge >= 0.3 is 11.9 Å². The molecule has 2 aromatic carbocycles. The molecule has 7 nitrogen and oxygen atoms in total. The van der Waals surface area contributed by atoms with E-state index in [0.717, 1.165) is 15.6 Å². The zero-order chi connectivity index (χ0) is 22.4. The number of carbonyl (C=O) groups is 3. The second-order valence-electron chi connectivity index (χ2n) is 6.48. The molecule has 1 heterocycles. The summed E-state index contributed by atoms with van der Waals surface area (Å²) in [5.41, 5.74) is 3.63. The molecule has 0 aliphatic rings. The van der Waals surface area contributed by atoms with Crippen LogP contribution in [0.25, 0.3) is 11.3 Å². The Hall–Kier alpha value is -3.17. The van der Waals surface area contributed by atoms with Crippen molar-refractivity contribution in [1.29, 1.82) is 0 Å². The zero-order valence-corrected chi connectivity index (χ0v) is 18.8. The number of aromatic nitrogens is 1. The molecule has 160 valence electrons. The number of rotatable bonds is 7. The SMILES string of the molecule is COC(=O)c1cc(NC(=O)CSc2nc(-c3ccc(C)cc3)cs2)cc(C(=O)OC)c1. The molecular weight excluding hydrogens is 436 g/mol. The van der Waals surface area contributed by atoms with Crippen molar-refractivity contribution in [1.82, 2.24) is 4.98 Å². The Balaban J connectivity index is 1.66. The molecule has 1 amide bonds. The summed E-state index contributed by atoms with van der Waals surface area (Å²) in [5, 5.41) is 4.65. The number of amides is 1. The van der Waals surface area contributed by atoms with Crippen LogP contribution < -0.4 is 5.32 Å². The van der Waals surface area contributed by atoms with Crippen LogP contribution in [0, 0.1) is 6.92 Å². The van der Waals surface area contributed by atoms with Gasteiger partial charge in [-0.15, -0.1) is 11.3 Å². The molecule has 0 radical (unpaired) electrons. The number of hydrogen-bond donors (Lipinski definition) is 1. The highest BCUT2D eigenvalue weighted by atomic mass is 32.2. The Morgan fingerprint density at radius 3 is 2.19 bits per heavy atom. The largest absolute Gasteiger partial charge is 0.465 e. The Morgan fingerprint density at radius 1 is 1.00 bits per heavy atom. The average molecular weight is 457 g/mol. The fraction of sp³-hybridized carbons (Fsp3) is 0.182. The van der Waals surface area contributed by atoms with Crippen LogP contribution in [0.4, 0.5) is 5.69 Å². The Morgan fingerprint density at radius 2 is 1.61 bits per heavy atom. The third-order valence-electron chi connectivity index (χ3n) is 4.22. The minimum Gasteiger partial charge on any atom is -0.465 e. The molecule has 0 fully saturated rings. The number of carbonyl (C=O) groups excluding carboxylic acids is 3. The smallest absolute Gasteiger partial charge is 0.337 e. The number of hydrogen-bond acceptors (Lipinski definition) is 8. The maximum atomic E-state index is 12.4. The van der Waals surface area contributed by atoms with Crippen LogP contribution in [0.5, 0.6) is 0 Å². The number of ether oxygens (including phenoxy) is 2. The van der Waals surface area contributed by atoms with Crippen LogP contribution in [0.1, 0.15) is 26.3 Å². The van der Waals surface area contributed by atoms with E-state index in [1.54, 1.807) is 0 Å². The maximum absolute atomic E-state index is 12.4. The monoisotopic (exact) mass is 456 g/mol. The van der Waals surface area contributed by atoms with Crippen LogP contribution in [0.2, 0.25) is 0 Å². The van der Waals surface area contributed by atoms with Crippen molar-refractivity contribution in [2.75, 3.05) is 25.3 Å². The number of esters is 2. The Kier molecular flexibility index (Phi) is 7.43. The Labute approximate surface area is 187 Å². The van der Waals surface area contributed by atoms with Crippen LogP contribution >= 0.6 is 23.1 Å². The first kappa shape index (κ1) is 22.5. The van der Waals surface area contributed by atoms with Crippen molar-refractivity contribution in [3.05, 3.63) is 64.5 Å². The van der Waals surface area contributed by atoms with E-state index in [1.165, 1.54) is 61.1 Å². The highest BCUT2D eigenvalue weighted by molar-refractivity contribution is 8.01. The van der Waals surface area contributed by atoms with E-state index in [2.05, 4.69) is 10.3 Å². The van der Waals surface area contributed by atoms with Gasteiger partial charge in [-0.05, 0) is 25.1 Å². The summed E-state index contributed by atoms with van der Waals surface area (Å²) in [7, 11) is 2.47. The van der Waals surface area contributed by atoms with Crippen LogP contribution in [-0.4, -0.2) is 42.8 Å². The van der Waals surface area contributed by atoms with Gasteiger partial charge in [0.2, 0.25) is 5.91 Å². The van der Waals surface area contributed by atoms with E-state index in [0.29, 0.717) is 5.69 Å². The number of thioether (sulfide) groups is 1.